The van der Waals surface area contributed by atoms with E-state index in [0.29, 0.717) is 6.54 Å². The molecule has 0 bridgehead atoms. The van der Waals surface area contributed by atoms with Crippen LogP contribution >= 0.6 is 11.8 Å². The number of amides is 1. The predicted octanol–water partition coefficient (Wildman–Crippen LogP) is 3.11. The quantitative estimate of drug-likeness (QED) is 0.849. The van der Waals surface area contributed by atoms with Crippen molar-refractivity contribution < 1.29 is 4.79 Å². The maximum atomic E-state index is 12.0. The zero-order valence-electron chi connectivity index (χ0n) is 13.0. The average molecular weight is 306 g/mol. The van der Waals surface area contributed by atoms with E-state index in [4.69, 9.17) is 5.73 Å². The van der Waals surface area contributed by atoms with E-state index in [1.807, 2.05) is 18.7 Å². The largest absolute Gasteiger partial charge is 0.354 e. The summed E-state index contributed by atoms with van der Waals surface area (Å²) in [6.45, 7) is 5.14. The van der Waals surface area contributed by atoms with Gasteiger partial charge in [-0.25, -0.2) is 0 Å². The summed E-state index contributed by atoms with van der Waals surface area (Å²) in [5.41, 5.74) is 6.84. The van der Waals surface area contributed by atoms with Gasteiger partial charge in [0.05, 0.1) is 0 Å². The van der Waals surface area contributed by atoms with Gasteiger partial charge in [0.2, 0.25) is 5.91 Å². The molecule has 0 spiro atoms. The Bertz CT molecular complexity index is 466. The van der Waals surface area contributed by atoms with Gasteiger partial charge in [0.15, 0.2) is 0 Å². The molecule has 3 N–H and O–H groups in total. The van der Waals surface area contributed by atoms with Crippen molar-refractivity contribution in [3.8, 4) is 0 Å². The van der Waals surface area contributed by atoms with Gasteiger partial charge in [0.25, 0.3) is 0 Å². The monoisotopic (exact) mass is 306 g/mol. The zero-order chi connectivity index (χ0) is 15.3. The first-order valence-corrected chi connectivity index (χ1v) is 8.60. The number of nitrogens with one attached hydrogen (secondary N) is 1. The summed E-state index contributed by atoms with van der Waals surface area (Å²) >= 11 is 1.92. The molecule has 1 aliphatic carbocycles. The second-order valence-electron chi connectivity index (χ2n) is 6.16. The minimum Gasteiger partial charge on any atom is -0.354 e. The predicted molar refractivity (Wildman–Crippen MR) is 89.5 cm³/mol. The zero-order valence-corrected chi connectivity index (χ0v) is 13.8. The average Bonchev–Trinajstić information content (AvgIpc) is 2.95. The standard InChI is InChI=1S/C17H26N2OS/c1-13-5-7-15(8-6-13)21-17(9-3-4-10-17)12-19-16(20)14(2)11-18/h5-8,14H,3-4,9-12,18H2,1-2H3,(H,19,20). The molecule has 21 heavy (non-hydrogen) atoms. The first-order chi connectivity index (χ1) is 10.0. The molecule has 1 saturated carbocycles. The molecule has 4 heteroatoms. The molecule has 1 atom stereocenters. The summed E-state index contributed by atoms with van der Waals surface area (Å²) in [6.07, 6.45) is 4.84. The van der Waals surface area contributed by atoms with Crippen LogP contribution in [0.2, 0.25) is 0 Å². The first-order valence-electron chi connectivity index (χ1n) is 7.78. The Morgan fingerprint density at radius 2 is 1.95 bits per heavy atom. The molecule has 1 aromatic rings. The number of carbonyl (C=O) groups excluding carboxylic acids is 1. The first kappa shape index (κ1) is 16.4. The van der Waals surface area contributed by atoms with Crippen molar-refractivity contribution >= 4 is 17.7 Å². The SMILES string of the molecule is Cc1ccc(SC2(CNC(=O)C(C)CN)CCCC2)cc1. The van der Waals surface area contributed by atoms with Crippen LogP contribution in [-0.4, -0.2) is 23.7 Å². The van der Waals surface area contributed by atoms with E-state index in [1.165, 1.54) is 36.1 Å². The smallest absolute Gasteiger partial charge is 0.224 e. The van der Waals surface area contributed by atoms with Crippen LogP contribution in [0.5, 0.6) is 0 Å². The van der Waals surface area contributed by atoms with Gasteiger partial charge >= 0.3 is 0 Å². The Hall–Kier alpha value is -1.00. The van der Waals surface area contributed by atoms with E-state index in [0.717, 1.165) is 6.54 Å². The van der Waals surface area contributed by atoms with Gasteiger partial charge in [-0.15, -0.1) is 11.8 Å². The fraction of sp³-hybridized carbons (Fsp3) is 0.588. The highest BCUT2D eigenvalue weighted by Crippen LogP contribution is 2.44. The molecular weight excluding hydrogens is 280 g/mol. The summed E-state index contributed by atoms with van der Waals surface area (Å²) < 4.78 is 0.152. The van der Waals surface area contributed by atoms with Crippen molar-refractivity contribution in [3.05, 3.63) is 29.8 Å². The minimum atomic E-state index is -0.104. The van der Waals surface area contributed by atoms with Crippen molar-refractivity contribution in [1.29, 1.82) is 0 Å². The van der Waals surface area contributed by atoms with Crippen molar-refractivity contribution in [2.45, 2.75) is 49.2 Å². The lowest BCUT2D eigenvalue weighted by molar-refractivity contribution is -0.124. The highest BCUT2D eigenvalue weighted by molar-refractivity contribution is 8.00. The number of thioether (sulfide) groups is 1. The Kier molecular flexibility index (Phi) is 5.71. The van der Waals surface area contributed by atoms with Crippen LogP contribution in [0.4, 0.5) is 0 Å². The number of aryl methyl sites for hydroxylation is 1. The fourth-order valence-electron chi connectivity index (χ4n) is 2.72. The normalized spacial score (nSPS) is 18.4. The van der Waals surface area contributed by atoms with E-state index < -0.39 is 0 Å². The maximum absolute atomic E-state index is 12.0. The van der Waals surface area contributed by atoms with Crippen LogP contribution in [0.3, 0.4) is 0 Å². The molecule has 1 aromatic carbocycles. The molecule has 0 aromatic heterocycles. The second kappa shape index (κ2) is 7.32. The third-order valence-electron chi connectivity index (χ3n) is 4.26. The Balaban J connectivity index is 1.99. The molecule has 116 valence electrons. The van der Waals surface area contributed by atoms with Crippen LogP contribution in [0, 0.1) is 12.8 Å². The molecule has 1 amide bonds. The van der Waals surface area contributed by atoms with E-state index in [2.05, 4.69) is 36.5 Å². The molecule has 0 radical (unpaired) electrons. The number of rotatable bonds is 6. The summed E-state index contributed by atoms with van der Waals surface area (Å²) in [6, 6.07) is 8.68. The van der Waals surface area contributed by atoms with Crippen LogP contribution in [0.1, 0.15) is 38.2 Å². The van der Waals surface area contributed by atoms with Gasteiger partial charge < -0.3 is 11.1 Å². The topological polar surface area (TPSA) is 55.1 Å². The Labute approximate surface area is 132 Å². The summed E-state index contributed by atoms with van der Waals surface area (Å²) in [5.74, 6) is -0.0268. The van der Waals surface area contributed by atoms with Crippen molar-refractivity contribution in [2.24, 2.45) is 11.7 Å². The lowest BCUT2D eigenvalue weighted by atomic mass is 10.1. The van der Waals surface area contributed by atoms with E-state index >= 15 is 0 Å². The van der Waals surface area contributed by atoms with Crippen LogP contribution < -0.4 is 11.1 Å². The molecule has 0 aliphatic heterocycles. The summed E-state index contributed by atoms with van der Waals surface area (Å²) in [7, 11) is 0. The molecule has 2 rings (SSSR count). The number of benzene rings is 1. The Morgan fingerprint density at radius 3 is 2.52 bits per heavy atom. The molecule has 0 saturated heterocycles. The lowest BCUT2D eigenvalue weighted by Gasteiger charge is -2.29. The molecular formula is C17H26N2OS. The van der Waals surface area contributed by atoms with E-state index in [1.54, 1.807) is 0 Å². The van der Waals surface area contributed by atoms with Crippen molar-refractivity contribution in [1.82, 2.24) is 5.32 Å². The highest BCUT2D eigenvalue weighted by Gasteiger charge is 2.35. The molecule has 0 heterocycles. The van der Waals surface area contributed by atoms with Gasteiger partial charge in [0.1, 0.15) is 0 Å². The molecule has 1 fully saturated rings. The second-order valence-corrected chi connectivity index (χ2v) is 7.70. The molecule has 1 unspecified atom stereocenters. The molecule has 1 aliphatic rings. The third kappa shape index (κ3) is 4.48. The van der Waals surface area contributed by atoms with Crippen LogP contribution in [0.25, 0.3) is 0 Å². The van der Waals surface area contributed by atoms with Gasteiger partial charge in [-0.1, -0.05) is 37.5 Å². The van der Waals surface area contributed by atoms with Gasteiger partial charge in [-0.3, -0.25) is 4.79 Å². The van der Waals surface area contributed by atoms with Crippen molar-refractivity contribution in [3.63, 3.8) is 0 Å². The number of carbonyl (C=O) groups is 1. The summed E-state index contributed by atoms with van der Waals surface area (Å²) in [5, 5.41) is 3.11. The van der Waals surface area contributed by atoms with Gasteiger partial charge in [0, 0.05) is 28.6 Å². The number of hydrogen-bond donors (Lipinski definition) is 2. The maximum Gasteiger partial charge on any atom is 0.224 e. The highest BCUT2D eigenvalue weighted by atomic mass is 32.2. The van der Waals surface area contributed by atoms with E-state index in [9.17, 15) is 4.79 Å². The van der Waals surface area contributed by atoms with Crippen molar-refractivity contribution in [2.75, 3.05) is 13.1 Å². The number of nitrogens with two attached hydrogens (primary N) is 1. The van der Waals surface area contributed by atoms with Crippen LogP contribution in [0.15, 0.2) is 29.2 Å². The lowest BCUT2D eigenvalue weighted by Crippen LogP contribution is -2.42. The molecule has 3 nitrogen and oxygen atoms in total. The number of hydrogen-bond acceptors (Lipinski definition) is 3. The van der Waals surface area contributed by atoms with E-state index in [-0.39, 0.29) is 16.6 Å². The Morgan fingerprint density at radius 1 is 1.33 bits per heavy atom. The minimum absolute atomic E-state index is 0.0771. The van der Waals surface area contributed by atoms with Gasteiger partial charge in [-0.05, 0) is 31.9 Å². The summed E-state index contributed by atoms with van der Waals surface area (Å²) in [4.78, 5) is 13.3. The van der Waals surface area contributed by atoms with Gasteiger partial charge in [-0.2, -0.15) is 0 Å². The fourth-order valence-corrected chi connectivity index (χ4v) is 4.13. The van der Waals surface area contributed by atoms with Crippen LogP contribution in [-0.2, 0) is 4.79 Å². The third-order valence-corrected chi connectivity index (χ3v) is 5.75.